The second kappa shape index (κ2) is 7.42. The molecule has 21 heavy (non-hydrogen) atoms. The molecule has 0 aliphatic carbocycles. The molecule has 0 atom stereocenters. The fourth-order valence-electron chi connectivity index (χ4n) is 1.83. The molecule has 0 spiro atoms. The van der Waals surface area contributed by atoms with E-state index in [9.17, 15) is 9.18 Å². The Kier molecular flexibility index (Phi) is 6.43. The van der Waals surface area contributed by atoms with E-state index in [1.165, 1.54) is 6.07 Å². The van der Waals surface area contributed by atoms with Crippen LogP contribution >= 0.6 is 22.6 Å². The minimum absolute atomic E-state index is 0.243. The number of hydrogen-bond acceptors (Lipinski definition) is 2. The first kappa shape index (κ1) is 18.2. The molecular formula is C16H23FINO2. The zero-order chi connectivity index (χ0) is 16.2. The minimum atomic E-state index is -0.524. The van der Waals surface area contributed by atoms with Gasteiger partial charge in [-0.25, -0.2) is 9.18 Å². The van der Waals surface area contributed by atoms with E-state index in [-0.39, 0.29) is 11.9 Å². The first-order valence-corrected chi connectivity index (χ1v) is 8.08. The second-order valence-electron chi connectivity index (χ2n) is 6.50. The summed E-state index contributed by atoms with van der Waals surface area (Å²) in [6.45, 7) is 10.7. The van der Waals surface area contributed by atoms with Gasteiger partial charge in [0.2, 0.25) is 0 Å². The number of nitrogens with zero attached hydrogens (tertiary/aromatic N) is 1. The molecule has 0 radical (unpaired) electrons. The Hall–Kier alpha value is -0.850. The Morgan fingerprint density at radius 3 is 2.48 bits per heavy atom. The van der Waals surface area contributed by atoms with Crippen LogP contribution in [0.2, 0.25) is 0 Å². The Labute approximate surface area is 140 Å². The van der Waals surface area contributed by atoms with Crippen molar-refractivity contribution in [3.05, 3.63) is 33.1 Å². The van der Waals surface area contributed by atoms with Crippen molar-refractivity contribution in [2.24, 2.45) is 5.92 Å². The van der Waals surface area contributed by atoms with Gasteiger partial charge >= 0.3 is 6.09 Å². The average Bonchev–Trinajstić information content (AvgIpc) is 2.30. The predicted octanol–water partition coefficient (Wildman–Crippen LogP) is 4.82. The molecule has 0 unspecified atom stereocenters. The minimum Gasteiger partial charge on any atom is -0.444 e. The molecule has 0 aliphatic rings. The Morgan fingerprint density at radius 1 is 1.38 bits per heavy atom. The van der Waals surface area contributed by atoms with E-state index in [2.05, 4.69) is 0 Å². The van der Waals surface area contributed by atoms with Crippen molar-refractivity contribution in [3.63, 3.8) is 0 Å². The first-order valence-electron chi connectivity index (χ1n) is 7.00. The van der Waals surface area contributed by atoms with Gasteiger partial charge in [0.25, 0.3) is 0 Å². The lowest BCUT2D eigenvalue weighted by atomic mass is 10.1. The second-order valence-corrected chi connectivity index (χ2v) is 7.67. The van der Waals surface area contributed by atoms with Crippen LogP contribution in [-0.4, -0.2) is 23.1 Å². The largest absolute Gasteiger partial charge is 0.444 e. The van der Waals surface area contributed by atoms with E-state index < -0.39 is 5.60 Å². The van der Waals surface area contributed by atoms with Crippen LogP contribution in [-0.2, 0) is 11.3 Å². The Bertz CT molecular complexity index is 498. The van der Waals surface area contributed by atoms with Crippen LogP contribution in [0.5, 0.6) is 0 Å². The maximum atomic E-state index is 13.3. The van der Waals surface area contributed by atoms with Gasteiger partial charge in [-0.1, -0.05) is 19.9 Å². The van der Waals surface area contributed by atoms with Crippen molar-refractivity contribution in [2.45, 2.75) is 46.8 Å². The summed E-state index contributed by atoms with van der Waals surface area (Å²) in [4.78, 5) is 13.9. The van der Waals surface area contributed by atoms with E-state index in [4.69, 9.17) is 4.74 Å². The molecule has 3 nitrogen and oxygen atoms in total. The fraction of sp³-hybridized carbons (Fsp3) is 0.562. The van der Waals surface area contributed by atoms with Crippen LogP contribution in [0.15, 0.2) is 18.2 Å². The summed E-state index contributed by atoms with van der Waals surface area (Å²) in [7, 11) is 0. The molecule has 0 fully saturated rings. The zero-order valence-electron chi connectivity index (χ0n) is 13.2. The van der Waals surface area contributed by atoms with Gasteiger partial charge in [0.05, 0.1) is 0 Å². The van der Waals surface area contributed by atoms with Crippen molar-refractivity contribution < 1.29 is 13.9 Å². The number of carbonyl (C=O) groups excluding carboxylic acids is 1. The number of ether oxygens (including phenoxy) is 1. The SMILES string of the molecule is CC(C)CN(Cc1ccc(F)c(I)c1)C(=O)OC(C)(C)C. The first-order chi connectivity index (χ1) is 9.58. The number of amides is 1. The summed E-state index contributed by atoms with van der Waals surface area (Å²) in [6.07, 6.45) is -0.337. The quantitative estimate of drug-likeness (QED) is 0.670. The monoisotopic (exact) mass is 407 g/mol. The van der Waals surface area contributed by atoms with Crippen molar-refractivity contribution >= 4 is 28.7 Å². The van der Waals surface area contributed by atoms with Gasteiger partial charge in [0.15, 0.2) is 0 Å². The molecule has 118 valence electrons. The van der Waals surface area contributed by atoms with Crippen LogP contribution in [0.4, 0.5) is 9.18 Å². The summed E-state index contributed by atoms with van der Waals surface area (Å²) in [6, 6.07) is 4.89. The predicted molar refractivity (Wildman–Crippen MR) is 90.6 cm³/mol. The molecule has 1 amide bonds. The lowest BCUT2D eigenvalue weighted by molar-refractivity contribution is 0.0211. The highest BCUT2D eigenvalue weighted by molar-refractivity contribution is 14.1. The van der Waals surface area contributed by atoms with Gasteiger partial charge in [-0.3, -0.25) is 0 Å². The smallest absolute Gasteiger partial charge is 0.410 e. The maximum absolute atomic E-state index is 13.3. The van der Waals surface area contributed by atoms with Gasteiger partial charge in [-0.15, -0.1) is 0 Å². The summed E-state index contributed by atoms with van der Waals surface area (Å²) < 4.78 is 19.3. The van der Waals surface area contributed by atoms with Gasteiger partial charge in [0, 0.05) is 16.7 Å². The average molecular weight is 407 g/mol. The number of hydrogen-bond donors (Lipinski definition) is 0. The van der Waals surface area contributed by atoms with Gasteiger partial charge < -0.3 is 9.64 Å². The van der Waals surface area contributed by atoms with Crippen LogP contribution in [0.3, 0.4) is 0 Å². The molecule has 0 aliphatic heterocycles. The molecule has 1 rings (SSSR count). The van der Waals surface area contributed by atoms with E-state index in [0.29, 0.717) is 22.6 Å². The fourth-order valence-corrected chi connectivity index (χ4v) is 2.41. The molecule has 0 heterocycles. The van der Waals surface area contributed by atoms with Gasteiger partial charge in [-0.05, 0) is 67.0 Å². The molecule has 1 aromatic carbocycles. The third-order valence-electron chi connectivity index (χ3n) is 2.59. The molecule has 0 saturated carbocycles. The highest BCUT2D eigenvalue weighted by atomic mass is 127. The highest BCUT2D eigenvalue weighted by Crippen LogP contribution is 2.17. The van der Waals surface area contributed by atoms with Crippen molar-refractivity contribution in [2.75, 3.05) is 6.54 Å². The molecule has 1 aromatic rings. The normalized spacial score (nSPS) is 11.6. The van der Waals surface area contributed by atoms with Crippen LogP contribution in [0.25, 0.3) is 0 Å². The third-order valence-corrected chi connectivity index (χ3v) is 3.42. The standard InChI is InChI=1S/C16H23FINO2/c1-11(2)9-19(15(20)21-16(3,4)5)10-12-6-7-13(17)14(18)8-12/h6-8,11H,9-10H2,1-5H3. The zero-order valence-corrected chi connectivity index (χ0v) is 15.4. The maximum Gasteiger partial charge on any atom is 0.410 e. The van der Waals surface area contributed by atoms with E-state index >= 15 is 0 Å². The highest BCUT2D eigenvalue weighted by Gasteiger charge is 2.23. The summed E-state index contributed by atoms with van der Waals surface area (Å²) >= 11 is 1.95. The summed E-state index contributed by atoms with van der Waals surface area (Å²) in [5.41, 5.74) is 0.371. The van der Waals surface area contributed by atoms with E-state index in [1.807, 2.05) is 57.2 Å². The van der Waals surface area contributed by atoms with Crippen LogP contribution in [0, 0.1) is 15.3 Å². The summed E-state index contributed by atoms with van der Waals surface area (Å²) in [5, 5.41) is 0. The van der Waals surface area contributed by atoms with Gasteiger partial charge in [-0.2, -0.15) is 0 Å². The lowest BCUT2D eigenvalue weighted by Gasteiger charge is -2.28. The number of carbonyl (C=O) groups is 1. The molecule has 5 heteroatoms. The van der Waals surface area contributed by atoms with Gasteiger partial charge in [0.1, 0.15) is 11.4 Å². The lowest BCUT2D eigenvalue weighted by Crippen LogP contribution is -2.38. The third kappa shape index (κ3) is 6.63. The van der Waals surface area contributed by atoms with Crippen molar-refractivity contribution in [1.82, 2.24) is 4.90 Å². The molecule has 0 N–H and O–H groups in total. The molecule has 0 aromatic heterocycles. The Morgan fingerprint density at radius 2 is 2.00 bits per heavy atom. The number of halogens is 2. The number of rotatable bonds is 4. The van der Waals surface area contributed by atoms with Crippen LogP contribution < -0.4 is 0 Å². The van der Waals surface area contributed by atoms with E-state index in [1.54, 1.807) is 17.0 Å². The van der Waals surface area contributed by atoms with Crippen LogP contribution in [0.1, 0.15) is 40.2 Å². The molecular weight excluding hydrogens is 384 g/mol. The van der Waals surface area contributed by atoms with E-state index in [0.717, 1.165) is 5.56 Å². The summed E-state index contributed by atoms with van der Waals surface area (Å²) in [5.74, 6) is 0.0871. The molecule has 0 saturated heterocycles. The topological polar surface area (TPSA) is 29.5 Å². The molecule has 0 bridgehead atoms. The van der Waals surface area contributed by atoms with Crippen molar-refractivity contribution in [1.29, 1.82) is 0 Å². The number of benzene rings is 1. The Balaban J connectivity index is 2.87. The van der Waals surface area contributed by atoms with Crippen molar-refractivity contribution in [3.8, 4) is 0 Å².